The molecule has 1 aliphatic heterocycles. The molecule has 0 N–H and O–H groups in total. The lowest BCUT2D eigenvalue weighted by molar-refractivity contribution is -0.134. The Morgan fingerprint density at radius 1 is 1.33 bits per heavy atom. The standard InChI is InChI=1S/C18H24N2O4/c1-3-14-6-7-17(24-14)16-13-22-10-8-20(16)12-18(21)19(2)11-15-5-4-9-23-15/h4-7,9,16H,3,8,10-13H2,1-2H3/t16-/m0/s1. The molecule has 0 spiro atoms. The number of likely N-dealkylation sites (N-methyl/N-ethyl adjacent to an activating group) is 1. The minimum Gasteiger partial charge on any atom is -0.467 e. The lowest BCUT2D eigenvalue weighted by Gasteiger charge is -2.34. The molecule has 2 aromatic rings. The summed E-state index contributed by atoms with van der Waals surface area (Å²) >= 11 is 0. The smallest absolute Gasteiger partial charge is 0.236 e. The largest absolute Gasteiger partial charge is 0.467 e. The molecule has 0 saturated carbocycles. The summed E-state index contributed by atoms with van der Waals surface area (Å²) in [6, 6.07) is 7.67. The number of ether oxygens (including phenoxy) is 1. The first-order valence-electron chi connectivity index (χ1n) is 8.34. The number of nitrogens with zero attached hydrogens (tertiary/aromatic N) is 2. The minimum absolute atomic E-state index is 0.0139. The zero-order chi connectivity index (χ0) is 16.9. The van der Waals surface area contributed by atoms with Crippen molar-refractivity contribution in [3.63, 3.8) is 0 Å². The van der Waals surface area contributed by atoms with E-state index in [1.54, 1.807) is 18.2 Å². The Morgan fingerprint density at radius 3 is 2.92 bits per heavy atom. The molecule has 1 atom stereocenters. The molecular formula is C18H24N2O4. The molecule has 0 unspecified atom stereocenters. The van der Waals surface area contributed by atoms with E-state index in [0.29, 0.717) is 32.8 Å². The summed E-state index contributed by atoms with van der Waals surface area (Å²) in [5, 5.41) is 0. The van der Waals surface area contributed by atoms with E-state index in [1.807, 2.05) is 24.3 Å². The minimum atomic E-state index is -0.0139. The number of amides is 1. The van der Waals surface area contributed by atoms with Gasteiger partial charge in [-0.05, 0) is 24.3 Å². The normalized spacial score (nSPS) is 18.7. The Bertz CT molecular complexity index is 650. The predicted molar refractivity (Wildman–Crippen MR) is 88.4 cm³/mol. The number of aryl methyl sites for hydroxylation is 1. The van der Waals surface area contributed by atoms with Crippen LogP contribution in [0.4, 0.5) is 0 Å². The van der Waals surface area contributed by atoms with Crippen LogP contribution in [0.1, 0.15) is 30.2 Å². The number of carbonyl (C=O) groups is 1. The highest BCUT2D eigenvalue weighted by Crippen LogP contribution is 2.26. The second kappa shape index (κ2) is 7.68. The molecule has 1 fully saturated rings. The van der Waals surface area contributed by atoms with Gasteiger partial charge >= 0.3 is 0 Å². The quantitative estimate of drug-likeness (QED) is 0.813. The van der Waals surface area contributed by atoms with Crippen molar-refractivity contribution in [1.82, 2.24) is 9.80 Å². The third-order valence-electron chi connectivity index (χ3n) is 4.34. The van der Waals surface area contributed by atoms with Gasteiger partial charge in [0, 0.05) is 20.0 Å². The molecule has 6 nitrogen and oxygen atoms in total. The third-order valence-corrected chi connectivity index (χ3v) is 4.34. The van der Waals surface area contributed by atoms with E-state index < -0.39 is 0 Å². The van der Waals surface area contributed by atoms with Crippen LogP contribution in [0.25, 0.3) is 0 Å². The lowest BCUT2D eigenvalue weighted by Crippen LogP contribution is -2.45. The van der Waals surface area contributed by atoms with Gasteiger partial charge in [-0.2, -0.15) is 0 Å². The van der Waals surface area contributed by atoms with Crippen LogP contribution in [-0.4, -0.2) is 49.1 Å². The van der Waals surface area contributed by atoms with Crippen molar-refractivity contribution >= 4 is 5.91 Å². The van der Waals surface area contributed by atoms with Gasteiger partial charge in [0.15, 0.2) is 0 Å². The third kappa shape index (κ3) is 3.88. The van der Waals surface area contributed by atoms with E-state index in [-0.39, 0.29) is 11.9 Å². The topological polar surface area (TPSA) is 59.1 Å². The van der Waals surface area contributed by atoms with Gasteiger partial charge < -0.3 is 18.5 Å². The van der Waals surface area contributed by atoms with Gasteiger partial charge in [0.05, 0.1) is 38.6 Å². The van der Waals surface area contributed by atoms with Crippen LogP contribution in [0.2, 0.25) is 0 Å². The van der Waals surface area contributed by atoms with Crippen LogP contribution in [0.5, 0.6) is 0 Å². The maximum absolute atomic E-state index is 12.5. The molecule has 6 heteroatoms. The molecule has 0 aliphatic carbocycles. The second-order valence-corrected chi connectivity index (χ2v) is 6.05. The zero-order valence-electron chi connectivity index (χ0n) is 14.2. The van der Waals surface area contributed by atoms with Crippen molar-refractivity contribution in [2.45, 2.75) is 25.9 Å². The Morgan fingerprint density at radius 2 is 2.21 bits per heavy atom. The highest BCUT2D eigenvalue weighted by Gasteiger charge is 2.29. The van der Waals surface area contributed by atoms with Gasteiger partial charge in [-0.1, -0.05) is 6.92 Å². The van der Waals surface area contributed by atoms with Crippen molar-refractivity contribution in [2.75, 3.05) is 33.4 Å². The molecule has 2 aromatic heterocycles. The molecule has 1 amide bonds. The Labute approximate surface area is 142 Å². The highest BCUT2D eigenvalue weighted by molar-refractivity contribution is 5.78. The van der Waals surface area contributed by atoms with Crippen molar-refractivity contribution in [2.24, 2.45) is 0 Å². The van der Waals surface area contributed by atoms with Gasteiger partial charge in [-0.3, -0.25) is 9.69 Å². The van der Waals surface area contributed by atoms with Crippen molar-refractivity contribution in [3.05, 3.63) is 47.8 Å². The summed E-state index contributed by atoms with van der Waals surface area (Å²) < 4.78 is 16.8. The molecule has 1 saturated heterocycles. The summed E-state index contributed by atoms with van der Waals surface area (Å²) in [6.07, 6.45) is 2.48. The maximum Gasteiger partial charge on any atom is 0.236 e. The first kappa shape index (κ1) is 16.8. The predicted octanol–water partition coefficient (Wildman–Crippen LogP) is 2.47. The molecule has 130 valence electrons. The fraction of sp³-hybridized carbons (Fsp3) is 0.500. The van der Waals surface area contributed by atoms with Crippen molar-refractivity contribution in [1.29, 1.82) is 0 Å². The van der Waals surface area contributed by atoms with E-state index in [1.165, 1.54) is 0 Å². The highest BCUT2D eigenvalue weighted by atomic mass is 16.5. The second-order valence-electron chi connectivity index (χ2n) is 6.05. The van der Waals surface area contributed by atoms with Crippen LogP contribution in [0, 0.1) is 0 Å². The maximum atomic E-state index is 12.5. The number of rotatable bonds is 6. The summed E-state index contributed by atoms with van der Waals surface area (Å²) in [5.41, 5.74) is 0. The molecule has 3 heterocycles. The molecule has 0 aromatic carbocycles. The van der Waals surface area contributed by atoms with Crippen LogP contribution >= 0.6 is 0 Å². The zero-order valence-corrected chi connectivity index (χ0v) is 14.2. The Hall–Kier alpha value is -2.05. The first-order chi connectivity index (χ1) is 11.7. The average Bonchev–Trinajstić information content (AvgIpc) is 3.26. The van der Waals surface area contributed by atoms with Crippen LogP contribution in [-0.2, 0) is 22.5 Å². The van der Waals surface area contributed by atoms with E-state index in [4.69, 9.17) is 13.6 Å². The summed E-state index contributed by atoms with van der Waals surface area (Å²) in [6.45, 7) is 4.77. The van der Waals surface area contributed by atoms with Gasteiger partial charge in [-0.25, -0.2) is 0 Å². The fourth-order valence-electron chi connectivity index (χ4n) is 2.87. The number of furan rings is 2. The molecule has 24 heavy (non-hydrogen) atoms. The SMILES string of the molecule is CCc1ccc([C@@H]2COCCN2CC(=O)N(C)Cc2ccco2)o1. The average molecular weight is 332 g/mol. The monoisotopic (exact) mass is 332 g/mol. The summed E-state index contributed by atoms with van der Waals surface area (Å²) in [5.74, 6) is 2.66. The fourth-order valence-corrected chi connectivity index (χ4v) is 2.87. The van der Waals surface area contributed by atoms with E-state index in [2.05, 4.69) is 11.8 Å². The molecule has 0 radical (unpaired) electrons. The molecular weight excluding hydrogens is 308 g/mol. The number of carbonyl (C=O) groups excluding carboxylic acids is 1. The van der Waals surface area contributed by atoms with Gasteiger partial charge in [0.2, 0.25) is 5.91 Å². The number of morpholine rings is 1. The van der Waals surface area contributed by atoms with Crippen molar-refractivity contribution < 1.29 is 18.4 Å². The molecule has 1 aliphatic rings. The van der Waals surface area contributed by atoms with E-state index in [9.17, 15) is 4.79 Å². The Kier molecular flexibility index (Phi) is 5.37. The molecule has 3 rings (SSSR count). The van der Waals surface area contributed by atoms with E-state index in [0.717, 1.165) is 23.7 Å². The van der Waals surface area contributed by atoms with E-state index >= 15 is 0 Å². The Balaban J connectivity index is 1.63. The first-order valence-corrected chi connectivity index (χ1v) is 8.34. The van der Waals surface area contributed by atoms with Crippen LogP contribution in [0.3, 0.4) is 0 Å². The van der Waals surface area contributed by atoms with Gasteiger partial charge in [0.1, 0.15) is 17.3 Å². The van der Waals surface area contributed by atoms with Crippen LogP contribution < -0.4 is 0 Å². The lowest BCUT2D eigenvalue weighted by atomic mass is 10.1. The van der Waals surface area contributed by atoms with Crippen molar-refractivity contribution in [3.8, 4) is 0 Å². The number of hydrogen-bond acceptors (Lipinski definition) is 5. The van der Waals surface area contributed by atoms with Gasteiger partial charge in [-0.15, -0.1) is 0 Å². The summed E-state index contributed by atoms with van der Waals surface area (Å²) in [7, 11) is 1.79. The van der Waals surface area contributed by atoms with Gasteiger partial charge in [0.25, 0.3) is 0 Å². The molecule has 0 bridgehead atoms. The van der Waals surface area contributed by atoms with Crippen LogP contribution in [0.15, 0.2) is 39.4 Å². The number of hydrogen-bond donors (Lipinski definition) is 0. The summed E-state index contributed by atoms with van der Waals surface area (Å²) in [4.78, 5) is 16.4.